The highest BCUT2D eigenvalue weighted by Gasteiger charge is 2.29. The number of H-pyrrole nitrogens is 10. The Balaban J connectivity index is 0.000000111. The van der Waals surface area contributed by atoms with Crippen LogP contribution in [0.2, 0.25) is 0 Å². The number of furan rings is 2. The first kappa shape index (κ1) is 94.6. The van der Waals surface area contributed by atoms with Gasteiger partial charge in [0.05, 0.1) is 140 Å². The molecular formula is C101H86F6N28O9S. The van der Waals surface area contributed by atoms with E-state index in [0.717, 1.165) is 175 Å². The zero-order chi connectivity index (χ0) is 99.6. The van der Waals surface area contributed by atoms with Crippen LogP contribution in [-0.2, 0) is 17.8 Å². The monoisotopic (exact) mass is 1980 g/mol. The summed E-state index contributed by atoms with van der Waals surface area (Å²) in [6, 6.07) is 56.4. The minimum absolute atomic E-state index is 0.0441. The van der Waals surface area contributed by atoms with E-state index in [0.29, 0.717) is 80.1 Å². The van der Waals surface area contributed by atoms with Crippen molar-refractivity contribution in [3.63, 3.8) is 0 Å². The van der Waals surface area contributed by atoms with Gasteiger partial charge in [0.2, 0.25) is 0 Å². The highest BCUT2D eigenvalue weighted by molar-refractivity contribution is 7.12. The van der Waals surface area contributed by atoms with Crippen molar-refractivity contribution in [3.8, 4) is 74.5 Å². The average Bonchev–Trinajstić information content (AvgIpc) is 1.86. The lowest BCUT2D eigenvalue weighted by molar-refractivity contribution is 0.0311. The van der Waals surface area contributed by atoms with E-state index in [-0.39, 0.29) is 69.3 Å². The number of piperidine rings is 1. The number of thiophene rings is 1. The molecule has 15 N–H and O–H groups in total. The maximum atomic E-state index is 14.0. The van der Waals surface area contributed by atoms with Gasteiger partial charge in [-0.1, -0.05) is 78.9 Å². The zero-order valence-corrected chi connectivity index (χ0v) is 77.5. The van der Waals surface area contributed by atoms with E-state index in [1.807, 2.05) is 145 Å². The maximum Gasteiger partial charge on any atom is 0.291 e. The first-order chi connectivity index (χ1) is 70.7. The molecule has 5 amide bonds. The number of nitrogens with one attached hydrogen (secondary N) is 15. The first-order valence-corrected chi connectivity index (χ1v) is 46.6. The lowest BCUT2D eigenvalue weighted by Crippen LogP contribution is -2.35. The van der Waals surface area contributed by atoms with Crippen molar-refractivity contribution in [2.75, 3.05) is 86.1 Å². The predicted octanol–water partition coefficient (Wildman–Crippen LogP) is 18.7. The zero-order valence-electron chi connectivity index (χ0n) is 76.7. The van der Waals surface area contributed by atoms with Crippen LogP contribution in [0.5, 0.6) is 5.75 Å². The van der Waals surface area contributed by atoms with Crippen LogP contribution >= 0.6 is 11.3 Å². The molecule has 8 aromatic carbocycles. The van der Waals surface area contributed by atoms with Gasteiger partial charge in [-0.15, -0.1) is 11.3 Å². The van der Waals surface area contributed by atoms with Crippen molar-refractivity contribution in [1.82, 2.24) is 116 Å². The van der Waals surface area contributed by atoms with Crippen LogP contribution in [0.1, 0.15) is 88.7 Å². The minimum Gasteiger partial charge on any atom is -0.490 e. The van der Waals surface area contributed by atoms with Gasteiger partial charge in [-0.2, -0.15) is 25.5 Å². The van der Waals surface area contributed by atoms with Crippen molar-refractivity contribution in [2.24, 2.45) is 0 Å². The number of rotatable bonds is 22. The highest BCUT2D eigenvalue weighted by atomic mass is 32.1. The molecule has 3 aliphatic heterocycles. The summed E-state index contributed by atoms with van der Waals surface area (Å²) < 4.78 is 106. The van der Waals surface area contributed by atoms with E-state index in [1.54, 1.807) is 30.7 Å². The highest BCUT2D eigenvalue weighted by Crippen LogP contribution is 2.36. The lowest BCUT2D eigenvalue weighted by atomic mass is 10.1. The van der Waals surface area contributed by atoms with Crippen LogP contribution in [0, 0.1) is 34.9 Å². The van der Waals surface area contributed by atoms with Gasteiger partial charge in [-0.05, 0) is 178 Å². The number of hydrogen-bond donors (Lipinski definition) is 15. The number of amides is 5. The van der Waals surface area contributed by atoms with Crippen LogP contribution in [0.3, 0.4) is 0 Å². The van der Waals surface area contributed by atoms with Gasteiger partial charge in [0, 0.05) is 32.2 Å². The normalized spacial score (nSPS) is 13.5. The van der Waals surface area contributed by atoms with Crippen LogP contribution < -0.4 is 31.3 Å². The number of anilines is 5. The Bertz CT molecular complexity index is 8090. The van der Waals surface area contributed by atoms with E-state index in [1.165, 1.54) is 48.7 Å². The molecule has 3 saturated heterocycles. The molecule has 732 valence electrons. The van der Waals surface area contributed by atoms with Crippen LogP contribution in [-0.4, -0.2) is 211 Å². The summed E-state index contributed by atoms with van der Waals surface area (Å²) in [5, 5.41) is 49.3. The number of halogens is 6. The molecule has 0 spiro atoms. The smallest absolute Gasteiger partial charge is 0.291 e. The number of fused-ring (bicyclic) bond motifs is 5. The van der Waals surface area contributed by atoms with Crippen molar-refractivity contribution in [1.29, 1.82) is 0 Å². The summed E-state index contributed by atoms with van der Waals surface area (Å²) >= 11 is 1.41. The first-order valence-electron chi connectivity index (χ1n) is 45.7. The average molecular weight is 1980 g/mol. The summed E-state index contributed by atoms with van der Waals surface area (Å²) in [5.41, 5.74) is 11.7. The summed E-state index contributed by atoms with van der Waals surface area (Å²) in [6.45, 7) is 8.74. The second-order valence-electron chi connectivity index (χ2n) is 33.8. The topological polar surface area (TPSA) is 487 Å². The summed E-state index contributed by atoms with van der Waals surface area (Å²) in [4.78, 5) is 108. The number of aromatic amines is 10. The van der Waals surface area contributed by atoms with Gasteiger partial charge < -0.3 is 74.7 Å². The van der Waals surface area contributed by atoms with Gasteiger partial charge in [0.25, 0.3) is 29.5 Å². The number of ether oxygens (including phenoxy) is 2. The third-order valence-electron chi connectivity index (χ3n) is 23.9. The van der Waals surface area contributed by atoms with Crippen molar-refractivity contribution < 1.29 is 68.6 Å². The van der Waals surface area contributed by atoms with Crippen molar-refractivity contribution in [3.05, 3.63) is 311 Å². The Kier molecular flexibility index (Phi) is 27.8. The molecule has 0 saturated carbocycles. The van der Waals surface area contributed by atoms with Crippen LogP contribution in [0.4, 0.5) is 54.8 Å². The molecule has 0 radical (unpaired) electrons. The second kappa shape index (κ2) is 42.6. The Labute approximate surface area is 820 Å². The molecule has 0 bridgehead atoms. The van der Waals surface area contributed by atoms with Crippen LogP contribution in [0.25, 0.3) is 124 Å². The van der Waals surface area contributed by atoms with Crippen LogP contribution in [0.15, 0.2) is 245 Å². The molecule has 3 fully saturated rings. The molecule has 3 aliphatic rings. The molecule has 24 rings (SSSR count). The van der Waals surface area contributed by atoms with Crippen molar-refractivity contribution in [2.45, 2.75) is 44.9 Å². The summed E-state index contributed by atoms with van der Waals surface area (Å²) in [6.07, 6.45) is 11.8. The number of morpholine rings is 1. The Morgan fingerprint density at radius 3 is 1.24 bits per heavy atom. The van der Waals surface area contributed by atoms with E-state index >= 15 is 0 Å². The third kappa shape index (κ3) is 21.7. The molecule has 21 aromatic rings. The molecule has 44 heteroatoms. The number of likely N-dealkylation sites (tertiary alicyclic amines) is 2. The van der Waals surface area contributed by atoms with Gasteiger partial charge in [-0.3, -0.25) is 59.3 Å². The van der Waals surface area contributed by atoms with E-state index in [2.05, 4.69) is 149 Å². The van der Waals surface area contributed by atoms with Gasteiger partial charge in [0.15, 0.2) is 52.3 Å². The maximum absolute atomic E-state index is 14.0. The minimum atomic E-state index is -1.13. The van der Waals surface area contributed by atoms with Gasteiger partial charge >= 0.3 is 0 Å². The summed E-state index contributed by atoms with van der Waals surface area (Å²) in [5.74, 6) is -3.76. The fourth-order valence-corrected chi connectivity index (χ4v) is 17.3. The molecule has 37 nitrogen and oxygen atoms in total. The number of imidazole rings is 5. The number of carbonyl (C=O) groups is 5. The fourth-order valence-electron chi connectivity index (χ4n) is 16.5. The van der Waals surface area contributed by atoms with E-state index in [9.17, 15) is 50.3 Å². The molecular weight excluding hydrogens is 1900 g/mol. The van der Waals surface area contributed by atoms with E-state index in [4.69, 9.17) is 18.3 Å². The standard InChI is InChI=1S/C23H22F2N6O2.C21H15N5OS.C20H20N6O3.C20H20N6O2.C17H9F4N5O/c1-31-9-7-13(8-10-31)33-14-5-6-17-18(11-14)28-22(27-17)21-19(12-26-30-21)29-23(32)20-15(24)3-2-4-16(20)25;27-21(18-10-14(12-28-18)13-6-2-1-3-7-13)25-17-11-22-26-19(17)20-23-15-8-4-5-9-16(15)24-20;27-20(17-6-5-13(29-17)12-26-7-9-28-10-8-26)24-16-11-21-25-18(16)19-22-14-3-1-2-4-15(14)23-19;27-20(17-8-7-13(28-17)12-26-9-3-4-10-26)24-16-11-21-25-18(16)19-22-14-5-1-2-6-15(14)23-19;18-7-2-1-3-8(19)12(7)17(27)24-11-6-22-26-15(11)16-23-10-5-4-9(20)13(21)14(10)25-16/h2-6,11-13H,7-10H2,1H3,(H,26,30)(H,27,28)(H,29,32);1-12H,(H,22,26)(H,23,24)(H,25,27);1-6,11H,7-10,12H2,(H,21,25)(H,22,23)(H,24,27);1-2,5-8,11H,3-4,9-10,12H2,(H,21,25)(H,22,23)(H,24,27);1-6H,(H,22,26)(H,23,25)(H,24,27). The second-order valence-corrected chi connectivity index (χ2v) is 34.7. The number of hydrogen-bond acceptors (Lipinski definition) is 23. The number of benzene rings is 8. The SMILES string of the molecule is CN1CCC(Oc2ccc3nc(-c4[nH]ncc4NC(=O)c4c(F)cccc4F)[nH]c3c2)CC1.O=C(Nc1cn[nH]c1-c1nc2c(F)c(F)ccc2[nH]1)c1c(F)cccc1F.O=C(Nc1cn[nH]c1-c1nc2ccccc2[nH]1)c1cc(-c2ccccc2)cs1.O=C(Nc1cn[nH]c1-c1nc2ccccc2[nH]1)c1ccc(CN2CCCC2)o1.O=C(Nc1cn[nH]c1-c1nc2ccccc2[nH]1)c1ccc(CN2CCOCC2)o1. The number of nitrogens with zero attached hydrogens (tertiary/aromatic N) is 13. The largest absolute Gasteiger partial charge is 0.490 e. The number of aromatic nitrogens is 20. The predicted molar refractivity (Wildman–Crippen MR) is 530 cm³/mol. The molecule has 0 aliphatic carbocycles. The van der Waals surface area contributed by atoms with E-state index < -0.39 is 57.8 Å². The molecule has 0 atom stereocenters. The molecule has 16 heterocycles. The Hall–Kier alpha value is -18.0. The lowest BCUT2D eigenvalue weighted by Gasteiger charge is -2.29. The third-order valence-corrected chi connectivity index (χ3v) is 24.8. The number of para-hydroxylation sites is 6. The molecule has 145 heavy (non-hydrogen) atoms. The summed E-state index contributed by atoms with van der Waals surface area (Å²) in [7, 11) is 2.10. The van der Waals surface area contributed by atoms with Gasteiger partial charge in [0.1, 0.15) is 91.8 Å². The fraction of sp³-hybridized carbons (Fsp3) is 0.158. The van der Waals surface area contributed by atoms with Crippen molar-refractivity contribution >= 4 is 124 Å². The quantitative estimate of drug-likeness (QED) is 0.0280. The molecule has 13 aromatic heterocycles. The molecule has 0 unspecified atom stereocenters. The Morgan fingerprint density at radius 1 is 0.386 bits per heavy atom. The Morgan fingerprint density at radius 2 is 0.786 bits per heavy atom. The number of carbonyl (C=O) groups excluding carboxylic acids is 5. The van der Waals surface area contributed by atoms with Gasteiger partial charge in [-0.25, -0.2) is 51.3 Å².